The summed E-state index contributed by atoms with van der Waals surface area (Å²) < 4.78 is 0. The van der Waals surface area contributed by atoms with Crippen molar-refractivity contribution in [3.05, 3.63) is 34.9 Å². The molecule has 0 aliphatic rings. The fourth-order valence-corrected chi connectivity index (χ4v) is 1.56. The van der Waals surface area contributed by atoms with E-state index in [1.54, 1.807) is 0 Å². The fourth-order valence-electron chi connectivity index (χ4n) is 0.692. The average Bonchev–Trinajstić information content (AvgIpc) is 1.88. The van der Waals surface area contributed by atoms with Crippen LogP contribution in [0.5, 0.6) is 0 Å². The third-order valence-electron chi connectivity index (χ3n) is 1.18. The minimum absolute atomic E-state index is 0. The van der Waals surface area contributed by atoms with Gasteiger partial charge < -0.3 is 17.0 Å². The molecule has 0 saturated carbocycles. The predicted molar refractivity (Wildman–Crippen MR) is 35.2 cm³/mol. The summed E-state index contributed by atoms with van der Waals surface area (Å²) in [6, 6.07) is 8.02. The maximum absolute atomic E-state index is 5.74. The van der Waals surface area contributed by atoms with Crippen LogP contribution in [0.4, 0.5) is 0 Å². The van der Waals surface area contributed by atoms with E-state index in [9.17, 15) is 0 Å². The molecule has 1 rings (SSSR count). The molecule has 10 heavy (non-hydrogen) atoms. The number of benzene rings is 1. The zero-order valence-corrected chi connectivity index (χ0v) is 10.8. The van der Waals surface area contributed by atoms with Crippen molar-refractivity contribution in [2.75, 3.05) is 0 Å². The monoisotopic (exact) mass is 268 g/mol. The predicted octanol–water partition coefficient (Wildman–Crippen LogP) is -0.609. The molecule has 0 radical (unpaired) electrons. The van der Waals surface area contributed by atoms with Gasteiger partial charge in [0.2, 0.25) is 0 Å². The van der Waals surface area contributed by atoms with Gasteiger partial charge in [-0.05, 0) is 0 Å². The van der Waals surface area contributed by atoms with Crippen molar-refractivity contribution in [3.63, 3.8) is 0 Å². The molecule has 0 saturated heterocycles. The van der Waals surface area contributed by atoms with Crippen LogP contribution in [0.15, 0.2) is 24.3 Å². The van der Waals surface area contributed by atoms with E-state index in [2.05, 4.69) is 6.07 Å². The van der Waals surface area contributed by atoms with Crippen molar-refractivity contribution in [1.29, 1.82) is 0 Å². The van der Waals surface area contributed by atoms with Crippen LogP contribution in [0.3, 0.4) is 0 Å². The number of rotatable bonds is 1. The molecule has 50 valence electrons. The van der Waals surface area contributed by atoms with Crippen molar-refractivity contribution in [2.24, 2.45) is 0 Å². The molecule has 0 heterocycles. The van der Waals surface area contributed by atoms with Crippen LogP contribution >= 0.6 is 11.6 Å². The fraction of sp³-hybridized carbons (Fsp3) is 0.143. The number of halogens is 2. The molecule has 0 aliphatic carbocycles. The second-order valence-electron chi connectivity index (χ2n) is 1.88. The summed E-state index contributed by atoms with van der Waals surface area (Å²) in [6.45, 7) is 0. The third kappa shape index (κ3) is 3.14. The Bertz CT molecular complexity index is 203. The van der Waals surface area contributed by atoms with Gasteiger partial charge in [0.05, 0.1) is 0 Å². The standard InChI is InChI=1S/C7H6Cl.BrH.Zn/c1-6-3-2-4-7(8)5-6;;/h2-5H,1H2;1H;/q;;+1/p-1. The number of hydrogen-bond donors (Lipinski definition) is 0. The first-order valence-electron chi connectivity index (χ1n) is 2.86. The van der Waals surface area contributed by atoms with Gasteiger partial charge in [-0.1, -0.05) is 0 Å². The van der Waals surface area contributed by atoms with Crippen LogP contribution in [0, 0.1) is 0 Å². The van der Waals surface area contributed by atoms with Gasteiger partial charge >= 0.3 is 69.8 Å². The van der Waals surface area contributed by atoms with Crippen molar-refractivity contribution in [1.82, 2.24) is 0 Å². The van der Waals surface area contributed by atoms with Crippen molar-refractivity contribution in [2.45, 2.75) is 5.02 Å². The van der Waals surface area contributed by atoms with E-state index in [-0.39, 0.29) is 17.0 Å². The van der Waals surface area contributed by atoms with Gasteiger partial charge in [0.25, 0.3) is 0 Å². The van der Waals surface area contributed by atoms with Crippen LogP contribution in [0.2, 0.25) is 5.02 Å². The van der Waals surface area contributed by atoms with Crippen LogP contribution in [0.25, 0.3) is 0 Å². The summed E-state index contributed by atoms with van der Waals surface area (Å²) in [4.78, 5) is 0. The van der Waals surface area contributed by atoms with Crippen LogP contribution in [-0.4, -0.2) is 0 Å². The van der Waals surface area contributed by atoms with Crippen molar-refractivity contribution >= 4 is 11.6 Å². The third-order valence-corrected chi connectivity index (χ3v) is 2.62. The van der Waals surface area contributed by atoms with Crippen LogP contribution in [0.1, 0.15) is 5.56 Å². The molecule has 0 fully saturated rings. The maximum atomic E-state index is 5.74. The molecule has 0 bridgehead atoms. The summed E-state index contributed by atoms with van der Waals surface area (Å²) >= 11 is 7.04. The molecule has 0 nitrogen and oxygen atoms in total. The van der Waals surface area contributed by atoms with E-state index < -0.39 is 0 Å². The van der Waals surface area contributed by atoms with E-state index in [4.69, 9.17) is 11.6 Å². The summed E-state index contributed by atoms with van der Waals surface area (Å²) in [5.41, 5.74) is 1.35. The summed E-state index contributed by atoms with van der Waals surface area (Å²) in [6.07, 6.45) is 0. The molecule has 0 spiro atoms. The van der Waals surface area contributed by atoms with E-state index in [1.807, 2.05) is 18.2 Å². The van der Waals surface area contributed by atoms with E-state index in [0.717, 1.165) is 5.02 Å². The molecule has 0 amide bonds. The molecule has 0 atom stereocenters. The smallest absolute Gasteiger partial charge is 1.00 e. The summed E-state index contributed by atoms with van der Waals surface area (Å²) in [7, 11) is 0. The molecular weight excluding hydrogens is 265 g/mol. The Kier molecular flexibility index (Phi) is 5.61. The Balaban J connectivity index is 0.000000810. The van der Waals surface area contributed by atoms with E-state index >= 15 is 0 Å². The Morgan fingerprint density at radius 1 is 1.40 bits per heavy atom. The minimum Gasteiger partial charge on any atom is -1.00 e. The van der Waals surface area contributed by atoms with E-state index in [0.29, 0.717) is 0 Å². The quantitative estimate of drug-likeness (QED) is 0.598. The molecular formula is C7H6BrClZn. The largest absolute Gasteiger partial charge is 1.00 e. The molecule has 1 aromatic rings. The summed E-state index contributed by atoms with van der Waals surface area (Å²) in [5.74, 6) is 0. The maximum Gasteiger partial charge on any atom is -1.00 e. The molecule has 0 N–H and O–H groups in total. The zero-order chi connectivity index (χ0) is 6.69. The van der Waals surface area contributed by atoms with E-state index in [1.165, 1.54) is 28.9 Å². The van der Waals surface area contributed by atoms with Crippen molar-refractivity contribution in [3.8, 4) is 0 Å². The van der Waals surface area contributed by atoms with Gasteiger partial charge in [0, 0.05) is 0 Å². The molecule has 0 unspecified atom stereocenters. The second-order valence-corrected chi connectivity index (χ2v) is 3.37. The first-order chi connectivity index (χ1) is 4.33. The molecule has 0 aliphatic heterocycles. The molecule has 3 heteroatoms. The Labute approximate surface area is 86.4 Å². The number of hydrogen-bond acceptors (Lipinski definition) is 0. The van der Waals surface area contributed by atoms with Crippen molar-refractivity contribution < 1.29 is 35.3 Å². The second kappa shape index (κ2) is 5.29. The van der Waals surface area contributed by atoms with Gasteiger partial charge in [-0.25, -0.2) is 0 Å². The van der Waals surface area contributed by atoms with Gasteiger partial charge in [-0.2, -0.15) is 0 Å². The Morgan fingerprint density at radius 3 is 2.50 bits per heavy atom. The molecule has 1 aromatic carbocycles. The Morgan fingerprint density at radius 2 is 2.10 bits per heavy atom. The van der Waals surface area contributed by atoms with Gasteiger partial charge in [0.15, 0.2) is 0 Å². The normalized spacial score (nSPS) is 8.70. The van der Waals surface area contributed by atoms with Crippen LogP contribution in [-0.2, 0) is 23.3 Å². The first kappa shape index (κ1) is 10.6. The zero-order valence-electron chi connectivity index (χ0n) is 5.48. The first-order valence-corrected chi connectivity index (χ1v) is 5.34. The summed E-state index contributed by atoms with van der Waals surface area (Å²) in [5, 5.41) is 2.03. The molecule has 0 aromatic heterocycles. The van der Waals surface area contributed by atoms with Crippen LogP contribution < -0.4 is 17.0 Å². The van der Waals surface area contributed by atoms with Gasteiger partial charge in [0.1, 0.15) is 0 Å². The topological polar surface area (TPSA) is 0 Å². The SMILES string of the molecule is Clc1cccc([CH2][Zn+])c1.[Br-]. The minimum atomic E-state index is 0. The van der Waals surface area contributed by atoms with Gasteiger partial charge in [-0.3, -0.25) is 0 Å². The average molecular weight is 271 g/mol. The van der Waals surface area contributed by atoms with Gasteiger partial charge in [-0.15, -0.1) is 0 Å². The Hall–Kier alpha value is 0.613.